The van der Waals surface area contributed by atoms with E-state index in [4.69, 9.17) is 17.0 Å². The summed E-state index contributed by atoms with van der Waals surface area (Å²) in [4.78, 5) is 0. The maximum absolute atomic E-state index is 9.85. The zero-order valence-electron chi connectivity index (χ0n) is 9.37. The summed E-state index contributed by atoms with van der Waals surface area (Å²) >= 11 is 6.01. The van der Waals surface area contributed by atoms with Gasteiger partial charge in [-0.3, -0.25) is 5.41 Å². The van der Waals surface area contributed by atoms with E-state index in [2.05, 4.69) is 0 Å². The van der Waals surface area contributed by atoms with Crippen LogP contribution < -0.4 is 0 Å². The van der Waals surface area contributed by atoms with Gasteiger partial charge in [-0.25, -0.2) is 0 Å². The van der Waals surface area contributed by atoms with Crippen molar-refractivity contribution in [2.75, 3.05) is 0 Å². The first-order valence-electron chi connectivity index (χ1n) is 5.23. The third-order valence-corrected chi connectivity index (χ3v) is 3.02. The molecule has 0 aliphatic carbocycles. The van der Waals surface area contributed by atoms with E-state index in [1.807, 2.05) is 37.3 Å². The van der Waals surface area contributed by atoms with Gasteiger partial charge in [0, 0.05) is 16.1 Å². The highest BCUT2D eigenvalue weighted by molar-refractivity contribution is 6.32. The van der Waals surface area contributed by atoms with Gasteiger partial charge < -0.3 is 5.11 Å². The minimum atomic E-state index is 0.0840. The summed E-state index contributed by atoms with van der Waals surface area (Å²) < 4.78 is 0. The lowest BCUT2D eigenvalue weighted by Crippen LogP contribution is -2.01. The summed E-state index contributed by atoms with van der Waals surface area (Å²) in [6, 6.07) is 12.5. The molecule has 0 saturated carbocycles. The molecule has 0 aliphatic rings. The van der Waals surface area contributed by atoms with Crippen molar-refractivity contribution >= 4 is 17.3 Å². The van der Waals surface area contributed by atoms with Crippen LogP contribution in [-0.4, -0.2) is 10.8 Å². The van der Waals surface area contributed by atoms with E-state index in [0.717, 1.165) is 11.1 Å². The Morgan fingerprint density at radius 1 is 1.18 bits per heavy atom. The van der Waals surface area contributed by atoms with Gasteiger partial charge in [-0.2, -0.15) is 0 Å². The molecule has 0 amide bonds. The van der Waals surface area contributed by atoms with Crippen molar-refractivity contribution in [3.63, 3.8) is 0 Å². The van der Waals surface area contributed by atoms with Gasteiger partial charge in [-0.1, -0.05) is 41.9 Å². The highest BCUT2D eigenvalue weighted by Gasteiger charge is 2.11. The highest BCUT2D eigenvalue weighted by Crippen LogP contribution is 2.27. The number of nitrogens with one attached hydrogen (secondary N) is 1. The number of hydrogen-bond acceptors (Lipinski definition) is 2. The Kier molecular flexibility index (Phi) is 3.16. The van der Waals surface area contributed by atoms with E-state index in [1.54, 1.807) is 12.1 Å². The summed E-state index contributed by atoms with van der Waals surface area (Å²) in [5.74, 6) is 0.0840. The van der Waals surface area contributed by atoms with Gasteiger partial charge >= 0.3 is 0 Å². The van der Waals surface area contributed by atoms with Crippen LogP contribution in [-0.2, 0) is 0 Å². The molecule has 0 radical (unpaired) electrons. The SMILES string of the molecule is Cc1cc(O)c(C(=N)c2ccccc2)cc1Cl. The molecule has 0 fully saturated rings. The number of hydrogen-bond donors (Lipinski definition) is 2. The lowest BCUT2D eigenvalue weighted by Gasteiger charge is -2.09. The molecule has 2 aromatic carbocycles. The molecule has 0 spiro atoms. The molecule has 3 heteroatoms. The molecule has 2 rings (SSSR count). The second kappa shape index (κ2) is 4.60. The number of aryl methyl sites for hydroxylation is 1. The van der Waals surface area contributed by atoms with Crippen molar-refractivity contribution in [2.24, 2.45) is 0 Å². The molecule has 0 saturated heterocycles. The standard InChI is InChI=1S/C14H12ClNO/c1-9-7-13(17)11(8-12(9)15)14(16)10-5-3-2-4-6-10/h2-8,16-17H,1H3. The molecule has 86 valence electrons. The first-order valence-corrected chi connectivity index (χ1v) is 5.61. The monoisotopic (exact) mass is 245 g/mol. The quantitative estimate of drug-likeness (QED) is 0.778. The Morgan fingerprint density at radius 3 is 2.47 bits per heavy atom. The van der Waals surface area contributed by atoms with Gasteiger partial charge in [-0.05, 0) is 24.6 Å². The van der Waals surface area contributed by atoms with Gasteiger partial charge in [0.2, 0.25) is 0 Å². The van der Waals surface area contributed by atoms with Gasteiger partial charge in [0.1, 0.15) is 5.75 Å². The average molecular weight is 246 g/mol. The van der Waals surface area contributed by atoms with E-state index in [0.29, 0.717) is 10.6 Å². The number of aromatic hydroxyl groups is 1. The summed E-state index contributed by atoms with van der Waals surface area (Å²) in [6.45, 7) is 1.82. The zero-order chi connectivity index (χ0) is 12.4. The van der Waals surface area contributed by atoms with E-state index in [9.17, 15) is 5.11 Å². The van der Waals surface area contributed by atoms with Crippen molar-refractivity contribution in [1.29, 1.82) is 5.41 Å². The normalized spacial score (nSPS) is 10.2. The van der Waals surface area contributed by atoms with Crippen molar-refractivity contribution in [3.05, 3.63) is 64.2 Å². The molecule has 0 atom stereocenters. The van der Waals surface area contributed by atoms with Crippen LogP contribution in [0.4, 0.5) is 0 Å². The molecule has 2 aromatic rings. The zero-order valence-corrected chi connectivity index (χ0v) is 10.1. The van der Waals surface area contributed by atoms with E-state index < -0.39 is 0 Å². The predicted octanol–water partition coefficient (Wildman–Crippen LogP) is 3.77. The van der Waals surface area contributed by atoms with Crippen LogP contribution in [0.1, 0.15) is 16.7 Å². The van der Waals surface area contributed by atoms with Crippen LogP contribution in [0.2, 0.25) is 5.02 Å². The number of halogens is 1. The molecular weight excluding hydrogens is 234 g/mol. The van der Waals surface area contributed by atoms with Crippen molar-refractivity contribution in [2.45, 2.75) is 6.92 Å². The highest BCUT2D eigenvalue weighted by atomic mass is 35.5. The Bertz CT molecular complexity index is 564. The van der Waals surface area contributed by atoms with Crippen molar-refractivity contribution < 1.29 is 5.11 Å². The largest absolute Gasteiger partial charge is 0.507 e. The number of rotatable bonds is 2. The summed E-state index contributed by atoms with van der Waals surface area (Å²) in [7, 11) is 0. The lowest BCUT2D eigenvalue weighted by atomic mass is 10.0. The van der Waals surface area contributed by atoms with Crippen molar-refractivity contribution in [1.82, 2.24) is 0 Å². The first-order chi connectivity index (χ1) is 8.09. The maximum atomic E-state index is 9.85. The molecule has 17 heavy (non-hydrogen) atoms. The molecule has 2 nitrogen and oxygen atoms in total. The third kappa shape index (κ3) is 2.32. The van der Waals surface area contributed by atoms with Crippen LogP contribution in [0.25, 0.3) is 0 Å². The molecule has 0 bridgehead atoms. The van der Waals surface area contributed by atoms with Crippen LogP contribution in [0.5, 0.6) is 5.75 Å². The van der Waals surface area contributed by atoms with Gasteiger partial charge in [0.25, 0.3) is 0 Å². The van der Waals surface area contributed by atoms with Gasteiger partial charge in [-0.15, -0.1) is 0 Å². The van der Waals surface area contributed by atoms with Crippen LogP contribution in [0.15, 0.2) is 42.5 Å². The lowest BCUT2D eigenvalue weighted by molar-refractivity contribution is 0.473. The molecular formula is C14H12ClNO. The molecule has 0 aromatic heterocycles. The summed E-state index contributed by atoms with van der Waals surface area (Å²) in [5.41, 5.74) is 2.27. The molecule has 0 heterocycles. The van der Waals surface area contributed by atoms with E-state index in [-0.39, 0.29) is 11.5 Å². The third-order valence-electron chi connectivity index (χ3n) is 2.61. The fourth-order valence-electron chi connectivity index (χ4n) is 1.63. The van der Waals surface area contributed by atoms with Gasteiger partial charge in [0.05, 0.1) is 5.71 Å². The van der Waals surface area contributed by atoms with Crippen LogP contribution in [0, 0.1) is 12.3 Å². The molecule has 2 N–H and O–H groups in total. The van der Waals surface area contributed by atoms with E-state index in [1.165, 1.54) is 0 Å². The molecule has 0 unspecified atom stereocenters. The number of phenols is 1. The smallest absolute Gasteiger partial charge is 0.125 e. The Hall–Kier alpha value is -1.80. The van der Waals surface area contributed by atoms with Crippen LogP contribution >= 0.6 is 11.6 Å². The Labute approximate surface area is 105 Å². The maximum Gasteiger partial charge on any atom is 0.125 e. The Morgan fingerprint density at radius 2 is 1.82 bits per heavy atom. The van der Waals surface area contributed by atoms with Gasteiger partial charge in [0.15, 0.2) is 0 Å². The average Bonchev–Trinajstić information content (AvgIpc) is 2.34. The fraction of sp³-hybridized carbons (Fsp3) is 0.0714. The van der Waals surface area contributed by atoms with Crippen LogP contribution in [0.3, 0.4) is 0 Å². The fourth-order valence-corrected chi connectivity index (χ4v) is 1.79. The minimum Gasteiger partial charge on any atom is -0.507 e. The second-order valence-electron chi connectivity index (χ2n) is 3.86. The second-order valence-corrected chi connectivity index (χ2v) is 4.27. The summed E-state index contributed by atoms with van der Waals surface area (Å²) in [6.07, 6.45) is 0. The Balaban J connectivity index is 2.48. The van der Waals surface area contributed by atoms with E-state index >= 15 is 0 Å². The first kappa shape index (κ1) is 11.7. The topological polar surface area (TPSA) is 44.1 Å². The number of phenolic OH excluding ortho intramolecular Hbond substituents is 1. The number of benzene rings is 2. The predicted molar refractivity (Wildman–Crippen MR) is 70.2 cm³/mol. The summed E-state index contributed by atoms with van der Waals surface area (Å²) in [5, 5.41) is 18.5. The molecule has 0 aliphatic heterocycles. The van der Waals surface area contributed by atoms with Crippen molar-refractivity contribution in [3.8, 4) is 5.75 Å². The minimum absolute atomic E-state index is 0.0840.